The number of thiophene rings is 1. The van der Waals surface area contributed by atoms with Crippen molar-refractivity contribution in [2.24, 2.45) is 5.92 Å². The second kappa shape index (κ2) is 7.46. The highest BCUT2D eigenvalue weighted by atomic mass is 32.1. The average molecular weight is 447 g/mol. The molecule has 1 saturated heterocycles. The van der Waals surface area contributed by atoms with Crippen LogP contribution in [0.4, 0.5) is 0 Å². The maximum atomic E-state index is 12.9. The summed E-state index contributed by atoms with van der Waals surface area (Å²) >= 11 is 1.54. The minimum atomic E-state index is -0.154. The molecule has 1 fully saturated rings. The Hall–Kier alpha value is -3.16. The minimum Gasteiger partial charge on any atom is -0.507 e. The van der Waals surface area contributed by atoms with Crippen molar-refractivity contribution in [3.8, 4) is 11.5 Å². The Morgan fingerprint density at radius 1 is 1.09 bits per heavy atom. The van der Waals surface area contributed by atoms with E-state index in [4.69, 9.17) is 4.74 Å². The molecule has 2 bridgehead atoms. The summed E-state index contributed by atoms with van der Waals surface area (Å²) in [4.78, 5) is 28.4. The van der Waals surface area contributed by atoms with Gasteiger partial charge < -0.3 is 14.4 Å². The minimum absolute atomic E-state index is 0.0705. The highest BCUT2D eigenvalue weighted by molar-refractivity contribution is 7.10. The van der Waals surface area contributed by atoms with Gasteiger partial charge in [0.15, 0.2) is 5.76 Å². The predicted octanol–water partition coefficient (Wildman–Crippen LogP) is 3.85. The van der Waals surface area contributed by atoms with Crippen LogP contribution in [0.5, 0.6) is 11.5 Å². The number of ether oxygens (including phenoxy) is 1. The molecule has 0 saturated carbocycles. The number of hydrogen-bond donors (Lipinski definition) is 1. The SMILES string of the molecule is O=C1/C(=C/c2cccs2)Oc2c1ccc(O)c2CN1C[C@H]2C[C@@H](C1)c1cccc(=O)n1C2. The summed E-state index contributed by atoms with van der Waals surface area (Å²) in [5.74, 6) is 1.41. The van der Waals surface area contributed by atoms with Crippen molar-refractivity contribution in [3.05, 3.63) is 85.7 Å². The zero-order valence-corrected chi connectivity index (χ0v) is 18.2. The Kier molecular flexibility index (Phi) is 4.55. The summed E-state index contributed by atoms with van der Waals surface area (Å²) in [6.45, 7) is 2.86. The number of rotatable bonds is 3. The summed E-state index contributed by atoms with van der Waals surface area (Å²) in [5, 5.41) is 12.6. The smallest absolute Gasteiger partial charge is 0.250 e. The molecule has 7 heteroatoms. The number of phenolic OH excluding ortho intramolecular Hbond substituents is 1. The monoisotopic (exact) mass is 446 g/mol. The number of pyridine rings is 1. The van der Waals surface area contributed by atoms with Crippen LogP contribution in [-0.2, 0) is 13.1 Å². The number of ketones is 1. The van der Waals surface area contributed by atoms with Crippen LogP contribution in [0.25, 0.3) is 6.08 Å². The maximum absolute atomic E-state index is 12.9. The number of aromatic nitrogens is 1. The molecule has 1 N–H and O–H groups in total. The number of phenols is 1. The number of nitrogens with zero attached hydrogens (tertiary/aromatic N) is 2. The van der Waals surface area contributed by atoms with Crippen LogP contribution in [0.1, 0.15) is 38.8 Å². The molecule has 3 aromatic rings. The van der Waals surface area contributed by atoms with E-state index in [1.54, 1.807) is 35.6 Å². The topological polar surface area (TPSA) is 71.8 Å². The lowest BCUT2D eigenvalue weighted by atomic mass is 9.83. The number of Topliss-reactive ketones (excluding diaryl/α,β-unsaturated/α-hetero) is 1. The second-order valence-electron chi connectivity index (χ2n) is 8.79. The van der Waals surface area contributed by atoms with Gasteiger partial charge in [-0.05, 0) is 42.0 Å². The lowest BCUT2D eigenvalue weighted by Gasteiger charge is -2.42. The van der Waals surface area contributed by atoms with E-state index >= 15 is 0 Å². The third-order valence-electron chi connectivity index (χ3n) is 6.67. The molecular weight excluding hydrogens is 424 g/mol. The van der Waals surface area contributed by atoms with Crippen LogP contribution in [0, 0.1) is 5.92 Å². The molecule has 162 valence electrons. The third kappa shape index (κ3) is 3.20. The van der Waals surface area contributed by atoms with Gasteiger partial charge in [0.1, 0.15) is 11.5 Å². The fourth-order valence-corrected chi connectivity index (χ4v) is 5.95. The van der Waals surface area contributed by atoms with Crippen molar-refractivity contribution in [2.45, 2.75) is 25.4 Å². The Morgan fingerprint density at radius 2 is 2.00 bits per heavy atom. The van der Waals surface area contributed by atoms with Gasteiger partial charge in [0.2, 0.25) is 5.78 Å². The fourth-order valence-electron chi connectivity index (χ4n) is 5.30. The number of allylic oxidation sites excluding steroid dienone is 1. The van der Waals surface area contributed by atoms with E-state index in [1.807, 2.05) is 34.2 Å². The van der Waals surface area contributed by atoms with Crippen LogP contribution < -0.4 is 10.3 Å². The van der Waals surface area contributed by atoms with Gasteiger partial charge in [-0.1, -0.05) is 12.1 Å². The number of piperidine rings is 1. The summed E-state index contributed by atoms with van der Waals surface area (Å²) < 4.78 is 7.91. The zero-order chi connectivity index (χ0) is 21.8. The molecular formula is C25H22N2O4S. The van der Waals surface area contributed by atoms with E-state index in [0.717, 1.165) is 36.6 Å². The standard InChI is InChI=1S/C25H22N2O4S/c28-21-7-6-18-24(30)22(10-17-3-2-8-32-17)31-25(18)19(21)14-26-11-15-9-16(13-26)20-4-1-5-23(29)27(20)12-15/h1-8,10,15-16,28H,9,11-14H2/b22-10-/t15-,16+/m1/s1. The average Bonchev–Trinajstić information content (AvgIpc) is 3.40. The number of hydrogen-bond acceptors (Lipinski definition) is 6. The molecule has 3 aliphatic heterocycles. The van der Waals surface area contributed by atoms with E-state index in [-0.39, 0.29) is 28.8 Å². The number of fused-ring (bicyclic) bond motifs is 5. The number of carbonyl (C=O) groups excluding carboxylic acids is 1. The third-order valence-corrected chi connectivity index (χ3v) is 7.49. The zero-order valence-electron chi connectivity index (χ0n) is 17.4. The first kappa shape index (κ1) is 19.5. The number of aromatic hydroxyl groups is 1. The molecule has 6 rings (SSSR count). The van der Waals surface area contributed by atoms with Gasteiger partial charge in [0.25, 0.3) is 5.56 Å². The molecule has 1 aromatic carbocycles. The summed E-state index contributed by atoms with van der Waals surface area (Å²) in [7, 11) is 0. The van der Waals surface area contributed by atoms with Crippen molar-refractivity contribution in [3.63, 3.8) is 0 Å². The second-order valence-corrected chi connectivity index (χ2v) is 9.77. The van der Waals surface area contributed by atoms with Crippen LogP contribution in [0.2, 0.25) is 0 Å². The highest BCUT2D eigenvalue weighted by Crippen LogP contribution is 2.42. The van der Waals surface area contributed by atoms with Gasteiger partial charge in [0.05, 0.1) is 11.1 Å². The van der Waals surface area contributed by atoms with E-state index in [9.17, 15) is 14.7 Å². The van der Waals surface area contributed by atoms with E-state index in [0.29, 0.717) is 29.3 Å². The molecule has 3 aliphatic rings. The molecule has 2 atom stereocenters. The molecule has 0 unspecified atom stereocenters. The van der Waals surface area contributed by atoms with Crippen molar-refractivity contribution < 1.29 is 14.6 Å². The largest absolute Gasteiger partial charge is 0.507 e. The van der Waals surface area contributed by atoms with Crippen LogP contribution in [0.3, 0.4) is 0 Å². The highest BCUT2D eigenvalue weighted by Gasteiger charge is 2.36. The van der Waals surface area contributed by atoms with Gasteiger partial charge in [0, 0.05) is 54.8 Å². The molecule has 6 nitrogen and oxygen atoms in total. The molecule has 0 spiro atoms. The number of carbonyl (C=O) groups is 1. The Morgan fingerprint density at radius 3 is 2.84 bits per heavy atom. The van der Waals surface area contributed by atoms with Crippen LogP contribution in [0.15, 0.2) is 58.4 Å². The molecule has 5 heterocycles. The number of likely N-dealkylation sites (tertiary alicyclic amines) is 1. The summed E-state index contributed by atoms with van der Waals surface area (Å²) in [6.07, 6.45) is 2.83. The maximum Gasteiger partial charge on any atom is 0.250 e. The van der Waals surface area contributed by atoms with Gasteiger partial charge >= 0.3 is 0 Å². The van der Waals surface area contributed by atoms with Crippen molar-refractivity contribution >= 4 is 23.2 Å². The first-order chi connectivity index (χ1) is 15.6. The van der Waals surface area contributed by atoms with E-state index in [1.165, 1.54) is 0 Å². The summed E-state index contributed by atoms with van der Waals surface area (Å²) in [5.41, 5.74) is 2.31. The van der Waals surface area contributed by atoms with Crippen LogP contribution >= 0.6 is 11.3 Å². The fraction of sp³-hybridized carbons (Fsp3) is 0.280. The first-order valence-electron chi connectivity index (χ1n) is 10.8. The van der Waals surface area contributed by atoms with Crippen molar-refractivity contribution in [2.75, 3.05) is 13.1 Å². The quantitative estimate of drug-likeness (QED) is 0.619. The van der Waals surface area contributed by atoms with Crippen molar-refractivity contribution in [1.29, 1.82) is 0 Å². The lowest BCUT2D eigenvalue weighted by Crippen LogP contribution is -2.46. The molecule has 0 radical (unpaired) electrons. The molecule has 32 heavy (non-hydrogen) atoms. The Labute approximate surface area is 189 Å². The Bertz CT molecular complexity index is 1310. The van der Waals surface area contributed by atoms with Gasteiger partial charge in [-0.2, -0.15) is 0 Å². The van der Waals surface area contributed by atoms with Gasteiger partial charge in [-0.15, -0.1) is 11.3 Å². The van der Waals surface area contributed by atoms with Crippen molar-refractivity contribution in [1.82, 2.24) is 9.47 Å². The normalized spacial score (nSPS) is 23.1. The van der Waals surface area contributed by atoms with Gasteiger partial charge in [-0.3, -0.25) is 14.5 Å². The Balaban J connectivity index is 1.29. The van der Waals surface area contributed by atoms with E-state index in [2.05, 4.69) is 4.90 Å². The summed E-state index contributed by atoms with van der Waals surface area (Å²) in [6, 6.07) is 12.6. The van der Waals surface area contributed by atoms with Crippen LogP contribution in [-0.4, -0.2) is 33.4 Å². The molecule has 2 aromatic heterocycles. The lowest BCUT2D eigenvalue weighted by molar-refractivity contribution is 0.101. The number of benzene rings is 1. The predicted molar refractivity (Wildman–Crippen MR) is 122 cm³/mol. The molecule has 0 aliphatic carbocycles. The van der Waals surface area contributed by atoms with E-state index < -0.39 is 0 Å². The van der Waals surface area contributed by atoms with Gasteiger partial charge in [-0.25, -0.2) is 0 Å². The molecule has 0 amide bonds. The first-order valence-corrected chi connectivity index (χ1v) is 11.7.